The normalized spacial score (nSPS) is 10.3. The largest absolute Gasteiger partial charge is 0.481 e. The van der Waals surface area contributed by atoms with Gasteiger partial charge in [0.05, 0.1) is 48.8 Å². The number of nitrogens with one attached hydrogen (secondary N) is 1. The van der Waals surface area contributed by atoms with E-state index in [4.69, 9.17) is 14.6 Å². The van der Waals surface area contributed by atoms with Crippen molar-refractivity contribution in [3.8, 4) is 0 Å². The number of carboxylic acid groups (broad SMARTS) is 1. The molecule has 0 aliphatic heterocycles. The zero-order valence-electron chi connectivity index (χ0n) is 12.7. The minimum atomic E-state index is -0.940. The fraction of sp³-hybridized carbons (Fsp3) is 0.462. The van der Waals surface area contributed by atoms with Crippen molar-refractivity contribution in [2.24, 2.45) is 0 Å². The first-order valence-electron chi connectivity index (χ1n) is 6.96. The highest BCUT2D eigenvalue weighted by molar-refractivity contribution is 5.66. The summed E-state index contributed by atoms with van der Waals surface area (Å²) in [4.78, 5) is 30.4. The molecule has 0 saturated heterocycles. The van der Waals surface area contributed by atoms with Gasteiger partial charge in [0.2, 0.25) is 0 Å². The van der Waals surface area contributed by atoms with E-state index in [9.17, 15) is 25.0 Å². The lowest BCUT2D eigenvalue weighted by molar-refractivity contribution is -0.393. The van der Waals surface area contributed by atoms with Crippen LogP contribution < -0.4 is 5.32 Å². The number of carboxylic acids is 1. The van der Waals surface area contributed by atoms with Gasteiger partial charge in [-0.3, -0.25) is 25.0 Å². The maximum Gasteiger partial charge on any atom is 0.305 e. The van der Waals surface area contributed by atoms with E-state index in [1.807, 2.05) is 0 Å². The van der Waals surface area contributed by atoms with Gasteiger partial charge in [0.15, 0.2) is 0 Å². The van der Waals surface area contributed by atoms with Crippen LogP contribution in [0.15, 0.2) is 18.2 Å². The van der Waals surface area contributed by atoms with E-state index in [-0.39, 0.29) is 56.5 Å². The van der Waals surface area contributed by atoms with Gasteiger partial charge in [-0.2, -0.15) is 0 Å². The van der Waals surface area contributed by atoms with Crippen LogP contribution in [0.25, 0.3) is 0 Å². The molecule has 0 radical (unpaired) electrons. The summed E-state index contributed by atoms with van der Waals surface area (Å²) in [7, 11) is 0. The van der Waals surface area contributed by atoms with Gasteiger partial charge in [-0.25, -0.2) is 0 Å². The van der Waals surface area contributed by atoms with Crippen molar-refractivity contribution in [3.05, 3.63) is 38.4 Å². The van der Waals surface area contributed by atoms with Gasteiger partial charge >= 0.3 is 5.97 Å². The van der Waals surface area contributed by atoms with E-state index < -0.39 is 15.8 Å². The number of nitro benzene ring substituents is 2. The summed E-state index contributed by atoms with van der Waals surface area (Å²) in [5.74, 6) is -0.940. The molecule has 2 N–H and O–H groups in total. The lowest BCUT2D eigenvalue weighted by Crippen LogP contribution is -2.14. The van der Waals surface area contributed by atoms with Gasteiger partial charge in [0.25, 0.3) is 11.4 Å². The van der Waals surface area contributed by atoms with E-state index in [0.717, 1.165) is 6.07 Å². The van der Waals surface area contributed by atoms with Crippen LogP contribution >= 0.6 is 0 Å². The summed E-state index contributed by atoms with van der Waals surface area (Å²) in [6.07, 6.45) is -0.0780. The van der Waals surface area contributed by atoms with E-state index in [1.54, 1.807) is 0 Å². The first-order chi connectivity index (χ1) is 11.4. The summed E-state index contributed by atoms with van der Waals surface area (Å²) < 4.78 is 10.2. The summed E-state index contributed by atoms with van der Waals surface area (Å²) in [6, 6.07) is 3.33. The van der Waals surface area contributed by atoms with Crippen molar-refractivity contribution >= 4 is 23.0 Å². The summed E-state index contributed by atoms with van der Waals surface area (Å²) >= 11 is 0. The maximum atomic E-state index is 10.9. The molecule has 0 aliphatic rings. The summed E-state index contributed by atoms with van der Waals surface area (Å²) in [5, 5.41) is 32.7. The van der Waals surface area contributed by atoms with E-state index in [2.05, 4.69) is 5.32 Å². The highest BCUT2D eigenvalue weighted by Crippen LogP contribution is 2.28. The number of non-ortho nitro benzene ring substituents is 1. The monoisotopic (exact) mass is 343 g/mol. The highest BCUT2D eigenvalue weighted by atomic mass is 16.6. The number of anilines is 1. The lowest BCUT2D eigenvalue weighted by Gasteiger charge is -2.08. The fourth-order valence-corrected chi connectivity index (χ4v) is 1.67. The van der Waals surface area contributed by atoms with Crippen LogP contribution in [0.4, 0.5) is 17.1 Å². The first kappa shape index (κ1) is 19.3. The van der Waals surface area contributed by atoms with Crippen LogP contribution in [-0.2, 0) is 14.3 Å². The Hall–Kier alpha value is -2.79. The standard InChI is InChI=1S/C13H17N3O8/c17-13(18)3-5-23-7-8-24-6-4-14-11-2-1-10(15(19)20)9-12(11)16(21)22/h1-2,9,14H,3-8H2,(H,17,18). The quantitative estimate of drug-likeness (QED) is 0.325. The molecule has 0 aromatic heterocycles. The number of benzene rings is 1. The number of hydrogen-bond acceptors (Lipinski definition) is 8. The molecule has 0 bridgehead atoms. The predicted octanol–water partition coefficient (Wildman–Crippen LogP) is 1.42. The van der Waals surface area contributed by atoms with Gasteiger partial charge in [-0.15, -0.1) is 0 Å². The molecule has 24 heavy (non-hydrogen) atoms. The zero-order valence-corrected chi connectivity index (χ0v) is 12.7. The minimum absolute atomic E-state index is 0.0780. The Morgan fingerprint density at radius 3 is 2.33 bits per heavy atom. The smallest absolute Gasteiger partial charge is 0.305 e. The zero-order chi connectivity index (χ0) is 17.9. The van der Waals surface area contributed by atoms with Gasteiger partial charge in [-0.1, -0.05) is 0 Å². The highest BCUT2D eigenvalue weighted by Gasteiger charge is 2.18. The average Bonchev–Trinajstić information content (AvgIpc) is 2.52. The molecule has 0 atom stereocenters. The molecule has 1 aromatic carbocycles. The number of carbonyl (C=O) groups is 1. The molecule has 1 aromatic rings. The second-order valence-corrected chi connectivity index (χ2v) is 4.51. The van der Waals surface area contributed by atoms with Crippen molar-refractivity contribution in [1.29, 1.82) is 0 Å². The fourth-order valence-electron chi connectivity index (χ4n) is 1.67. The molecule has 0 aliphatic carbocycles. The number of nitrogens with zero attached hydrogens (tertiary/aromatic N) is 2. The number of rotatable bonds is 12. The van der Waals surface area contributed by atoms with Crippen LogP contribution in [0.2, 0.25) is 0 Å². The maximum absolute atomic E-state index is 10.9. The summed E-state index contributed by atoms with van der Waals surface area (Å²) in [5.41, 5.74) is -0.588. The Morgan fingerprint density at radius 1 is 1.08 bits per heavy atom. The topological polar surface area (TPSA) is 154 Å². The molecule has 1 rings (SSSR count). The molecule has 0 spiro atoms. The van der Waals surface area contributed by atoms with Crippen LogP contribution in [-0.4, -0.2) is 53.9 Å². The van der Waals surface area contributed by atoms with Crippen molar-refractivity contribution in [1.82, 2.24) is 0 Å². The van der Waals surface area contributed by atoms with Crippen molar-refractivity contribution in [3.63, 3.8) is 0 Å². The molecular weight excluding hydrogens is 326 g/mol. The minimum Gasteiger partial charge on any atom is -0.481 e. The van der Waals surface area contributed by atoms with Crippen molar-refractivity contribution < 1.29 is 29.2 Å². The van der Waals surface area contributed by atoms with Crippen LogP contribution in [0.5, 0.6) is 0 Å². The number of ether oxygens (including phenoxy) is 2. The molecule has 11 nitrogen and oxygen atoms in total. The van der Waals surface area contributed by atoms with Crippen molar-refractivity contribution in [2.75, 3.05) is 38.3 Å². The van der Waals surface area contributed by atoms with Gasteiger partial charge in [-0.05, 0) is 6.07 Å². The molecule has 0 unspecified atom stereocenters. The Kier molecular flexibility index (Phi) is 8.08. The van der Waals surface area contributed by atoms with E-state index >= 15 is 0 Å². The van der Waals surface area contributed by atoms with Crippen molar-refractivity contribution in [2.45, 2.75) is 6.42 Å². The SMILES string of the molecule is O=C(O)CCOCCOCCNc1ccc([N+](=O)[O-])cc1[N+](=O)[O-]. The number of hydrogen-bond donors (Lipinski definition) is 2. The Bertz CT molecular complexity index is 593. The predicted molar refractivity (Wildman–Crippen MR) is 82.1 cm³/mol. The second-order valence-electron chi connectivity index (χ2n) is 4.51. The number of nitro groups is 2. The van der Waals surface area contributed by atoms with Crippen LogP contribution in [0, 0.1) is 20.2 Å². The Balaban J connectivity index is 2.31. The first-order valence-corrected chi connectivity index (χ1v) is 6.96. The molecule has 0 amide bonds. The van der Waals surface area contributed by atoms with E-state index in [0.29, 0.717) is 0 Å². The molecule has 0 heterocycles. The van der Waals surface area contributed by atoms with Gasteiger partial charge in [0, 0.05) is 12.6 Å². The van der Waals surface area contributed by atoms with Crippen LogP contribution in [0.1, 0.15) is 6.42 Å². The van der Waals surface area contributed by atoms with Gasteiger partial charge < -0.3 is 19.9 Å². The Labute approximate surface area is 136 Å². The second kappa shape index (κ2) is 10.1. The Morgan fingerprint density at radius 2 is 1.75 bits per heavy atom. The van der Waals surface area contributed by atoms with Crippen LogP contribution in [0.3, 0.4) is 0 Å². The summed E-state index contributed by atoms with van der Waals surface area (Å²) in [6.45, 7) is 1.09. The van der Waals surface area contributed by atoms with Gasteiger partial charge in [0.1, 0.15) is 5.69 Å². The third kappa shape index (κ3) is 6.98. The molecule has 0 fully saturated rings. The molecule has 132 valence electrons. The molecule has 11 heteroatoms. The third-order valence-corrected chi connectivity index (χ3v) is 2.78. The van der Waals surface area contributed by atoms with E-state index in [1.165, 1.54) is 12.1 Å². The lowest BCUT2D eigenvalue weighted by atomic mass is 10.2. The average molecular weight is 343 g/mol. The third-order valence-electron chi connectivity index (χ3n) is 2.78. The molecular formula is C13H17N3O8. The molecule has 0 saturated carbocycles. The number of aliphatic carboxylic acids is 1.